The van der Waals surface area contributed by atoms with Gasteiger partial charge in [-0.1, -0.05) is 25.5 Å². The molecule has 2 N–H and O–H groups in total. The highest BCUT2D eigenvalue weighted by Gasteiger charge is 2.41. The Bertz CT molecular complexity index is 1210. The maximum absolute atomic E-state index is 13.3. The molecule has 0 saturated carbocycles. The number of carbonyl (C=O) groups is 4. The highest BCUT2D eigenvalue weighted by molar-refractivity contribution is 6.31. The molecule has 8 nitrogen and oxygen atoms in total. The number of ether oxygens (including phenoxy) is 2. The first-order chi connectivity index (χ1) is 16.3. The molecule has 0 heterocycles. The number of Topliss-reactive ketones (excluding diaryl/α,β-unsaturated/α-hetero) is 1. The first kappa shape index (κ1) is 23.5. The number of ketones is 3. The molecule has 2 aromatic rings. The monoisotopic (exact) mass is 466 g/mol. The summed E-state index contributed by atoms with van der Waals surface area (Å²) >= 11 is 0. The summed E-state index contributed by atoms with van der Waals surface area (Å²) in [4.78, 5) is 50.9. The average molecular weight is 466 g/mol. The Labute approximate surface area is 196 Å². The normalized spacial score (nSPS) is 16.4. The summed E-state index contributed by atoms with van der Waals surface area (Å²) in [5.41, 5.74) is 0.235. The summed E-state index contributed by atoms with van der Waals surface area (Å²) in [6.07, 6.45) is 2.42. The second-order valence-electron chi connectivity index (χ2n) is 8.62. The highest BCUT2D eigenvalue weighted by Crippen LogP contribution is 2.47. The molecule has 2 aromatic carbocycles. The summed E-state index contributed by atoms with van der Waals surface area (Å²) < 4.78 is 10.3. The molecule has 178 valence electrons. The van der Waals surface area contributed by atoms with Gasteiger partial charge < -0.3 is 19.7 Å². The van der Waals surface area contributed by atoms with Crippen molar-refractivity contribution in [3.05, 3.63) is 51.6 Å². The lowest BCUT2D eigenvalue weighted by atomic mass is 9.75. The Balaban J connectivity index is 1.66. The second-order valence-corrected chi connectivity index (χ2v) is 8.62. The van der Waals surface area contributed by atoms with Crippen molar-refractivity contribution in [2.45, 2.75) is 45.4 Å². The Morgan fingerprint density at radius 2 is 1.74 bits per heavy atom. The van der Waals surface area contributed by atoms with Crippen molar-refractivity contribution in [2.24, 2.45) is 5.92 Å². The van der Waals surface area contributed by atoms with Crippen LogP contribution >= 0.6 is 0 Å². The fraction of sp³-hybridized carbons (Fsp3) is 0.385. The molecule has 0 spiro atoms. The molecular formula is C26H26O8. The maximum atomic E-state index is 13.3. The molecule has 0 amide bonds. The summed E-state index contributed by atoms with van der Waals surface area (Å²) in [7, 11) is 1.38. The average Bonchev–Trinajstić information content (AvgIpc) is 2.85. The fourth-order valence-corrected chi connectivity index (χ4v) is 4.74. The van der Waals surface area contributed by atoms with E-state index in [1.165, 1.54) is 13.2 Å². The quantitative estimate of drug-likeness (QED) is 0.401. The van der Waals surface area contributed by atoms with Gasteiger partial charge in [0.05, 0.1) is 23.8 Å². The molecule has 8 heteroatoms. The summed E-state index contributed by atoms with van der Waals surface area (Å²) in [6, 6.07) is 4.59. The Morgan fingerprint density at radius 1 is 1.03 bits per heavy atom. The number of fused-ring (bicyclic) bond motifs is 3. The van der Waals surface area contributed by atoms with Crippen LogP contribution in [0, 0.1) is 5.92 Å². The molecule has 1 unspecified atom stereocenters. The van der Waals surface area contributed by atoms with E-state index in [9.17, 15) is 29.4 Å². The third-order valence-corrected chi connectivity index (χ3v) is 6.59. The minimum absolute atomic E-state index is 0.0471. The summed E-state index contributed by atoms with van der Waals surface area (Å²) in [5.74, 6) is -3.01. The van der Waals surface area contributed by atoms with Gasteiger partial charge in [-0.05, 0) is 31.7 Å². The van der Waals surface area contributed by atoms with Gasteiger partial charge in [-0.2, -0.15) is 0 Å². The zero-order valence-corrected chi connectivity index (χ0v) is 19.1. The standard InChI is InChI=1S/C26H26O8/c1-3-4-8-19(28)34-12-17(27)13-9-10-14-16(11-13)25(31)21-22(23(14)29)26(32)20-15(24(21)30)6-5-7-18(20)33-2/h5-7,13,29,31H,3-4,8-12H2,1-2H3. The molecule has 2 aliphatic carbocycles. The van der Waals surface area contributed by atoms with Gasteiger partial charge in [0.1, 0.15) is 23.9 Å². The van der Waals surface area contributed by atoms with Gasteiger partial charge in [-0.3, -0.25) is 19.2 Å². The third-order valence-electron chi connectivity index (χ3n) is 6.59. The van der Waals surface area contributed by atoms with Gasteiger partial charge in [0.25, 0.3) is 0 Å². The molecule has 2 aliphatic rings. The van der Waals surface area contributed by atoms with E-state index in [0.29, 0.717) is 18.4 Å². The van der Waals surface area contributed by atoms with Gasteiger partial charge >= 0.3 is 5.97 Å². The van der Waals surface area contributed by atoms with Crippen molar-refractivity contribution >= 4 is 23.3 Å². The third kappa shape index (κ3) is 3.83. The predicted molar refractivity (Wildman–Crippen MR) is 121 cm³/mol. The van der Waals surface area contributed by atoms with E-state index in [1.54, 1.807) is 12.1 Å². The van der Waals surface area contributed by atoms with Gasteiger partial charge in [0.2, 0.25) is 5.78 Å². The minimum Gasteiger partial charge on any atom is -0.507 e. The largest absolute Gasteiger partial charge is 0.507 e. The van der Waals surface area contributed by atoms with Crippen molar-refractivity contribution in [1.29, 1.82) is 0 Å². The number of hydrogen-bond acceptors (Lipinski definition) is 8. The van der Waals surface area contributed by atoms with Crippen LogP contribution < -0.4 is 4.74 Å². The maximum Gasteiger partial charge on any atom is 0.306 e. The minimum atomic E-state index is -0.602. The molecule has 0 aromatic heterocycles. The second kappa shape index (κ2) is 9.29. The van der Waals surface area contributed by atoms with Gasteiger partial charge in [-0.15, -0.1) is 0 Å². The van der Waals surface area contributed by atoms with Crippen LogP contribution in [-0.2, 0) is 27.2 Å². The number of phenolic OH excluding ortho intramolecular Hbond substituents is 2. The lowest BCUT2D eigenvalue weighted by molar-refractivity contribution is -0.149. The van der Waals surface area contributed by atoms with Crippen LogP contribution in [0.25, 0.3) is 0 Å². The van der Waals surface area contributed by atoms with Crippen molar-refractivity contribution in [3.63, 3.8) is 0 Å². The first-order valence-corrected chi connectivity index (χ1v) is 11.3. The van der Waals surface area contributed by atoms with E-state index in [4.69, 9.17) is 9.47 Å². The number of aromatic hydroxyl groups is 2. The number of carbonyl (C=O) groups excluding carboxylic acids is 4. The molecule has 0 saturated heterocycles. The van der Waals surface area contributed by atoms with E-state index in [2.05, 4.69) is 0 Å². The predicted octanol–water partition coefficient (Wildman–Crippen LogP) is 3.29. The van der Waals surface area contributed by atoms with E-state index >= 15 is 0 Å². The first-order valence-electron chi connectivity index (χ1n) is 11.3. The van der Waals surface area contributed by atoms with Crippen LogP contribution in [0.5, 0.6) is 17.2 Å². The number of phenols is 2. The lowest BCUT2D eigenvalue weighted by Gasteiger charge is -2.29. The molecule has 0 bridgehead atoms. The SMILES string of the molecule is CCCCC(=O)OCC(=O)C1CCc2c(O)c3c(c(O)c2C1)C(=O)c1cccc(OC)c1C3=O. The van der Waals surface area contributed by atoms with E-state index in [0.717, 1.165) is 6.42 Å². The Kier molecular flexibility index (Phi) is 6.41. The van der Waals surface area contributed by atoms with Crippen LogP contribution in [0.4, 0.5) is 0 Å². The fourth-order valence-electron chi connectivity index (χ4n) is 4.74. The van der Waals surface area contributed by atoms with Crippen LogP contribution in [0.15, 0.2) is 18.2 Å². The Hall–Kier alpha value is -3.68. The summed E-state index contributed by atoms with van der Waals surface area (Å²) in [5, 5.41) is 22.0. The molecular weight excluding hydrogens is 440 g/mol. The van der Waals surface area contributed by atoms with Crippen LogP contribution in [-0.4, -0.2) is 47.2 Å². The van der Waals surface area contributed by atoms with Crippen molar-refractivity contribution in [1.82, 2.24) is 0 Å². The van der Waals surface area contributed by atoms with Crippen molar-refractivity contribution < 1.29 is 38.9 Å². The van der Waals surface area contributed by atoms with E-state index < -0.39 is 29.2 Å². The van der Waals surface area contributed by atoms with Crippen LogP contribution in [0.2, 0.25) is 0 Å². The van der Waals surface area contributed by atoms with E-state index in [1.807, 2.05) is 6.92 Å². The van der Waals surface area contributed by atoms with Gasteiger partial charge in [-0.25, -0.2) is 0 Å². The molecule has 0 radical (unpaired) electrons. The molecule has 4 rings (SSSR count). The number of benzene rings is 2. The summed E-state index contributed by atoms with van der Waals surface area (Å²) in [6.45, 7) is 1.59. The number of methoxy groups -OCH3 is 1. The van der Waals surface area contributed by atoms with E-state index in [-0.39, 0.29) is 71.0 Å². The molecule has 0 fully saturated rings. The van der Waals surface area contributed by atoms with Crippen molar-refractivity contribution in [3.8, 4) is 17.2 Å². The zero-order chi connectivity index (χ0) is 24.6. The molecule has 0 aliphatic heterocycles. The molecule has 1 atom stereocenters. The van der Waals surface area contributed by atoms with Crippen molar-refractivity contribution in [2.75, 3.05) is 13.7 Å². The topological polar surface area (TPSA) is 127 Å². The smallest absolute Gasteiger partial charge is 0.306 e. The molecule has 34 heavy (non-hydrogen) atoms. The number of rotatable bonds is 7. The van der Waals surface area contributed by atoms with Gasteiger partial charge in [0, 0.05) is 29.0 Å². The number of unbranched alkanes of at least 4 members (excludes halogenated alkanes) is 1. The van der Waals surface area contributed by atoms with Gasteiger partial charge in [0.15, 0.2) is 11.6 Å². The van der Waals surface area contributed by atoms with Crippen LogP contribution in [0.1, 0.15) is 75.6 Å². The number of hydrogen-bond donors (Lipinski definition) is 2. The Morgan fingerprint density at radius 3 is 2.44 bits per heavy atom. The van der Waals surface area contributed by atoms with Crippen LogP contribution in [0.3, 0.4) is 0 Å². The highest BCUT2D eigenvalue weighted by atomic mass is 16.5. The zero-order valence-electron chi connectivity index (χ0n) is 19.1. The lowest BCUT2D eigenvalue weighted by Crippen LogP contribution is -2.29. The number of esters is 1.